The molecule has 1 aromatic carbocycles. The molecule has 1 aliphatic rings. The van der Waals surface area contributed by atoms with Crippen LogP contribution in [0.4, 0.5) is 15.0 Å². The van der Waals surface area contributed by atoms with Crippen molar-refractivity contribution in [3.63, 3.8) is 0 Å². The van der Waals surface area contributed by atoms with Crippen LogP contribution in [0.5, 0.6) is 0 Å². The fourth-order valence-electron chi connectivity index (χ4n) is 5.42. The van der Waals surface area contributed by atoms with Crippen LogP contribution in [0.3, 0.4) is 0 Å². The molecule has 0 radical (unpaired) electrons. The van der Waals surface area contributed by atoms with Crippen molar-refractivity contribution < 1.29 is 13.9 Å². The standard InChI is InChI=1S/C32H36ClFN6O3/c1-18(2)25-27(19(3)12-13-35-25)40-29-22(16-23(33)26(36-29)21-10-8-9-11-24(21)34)28(37-30(40)41)39-15-14-38(17-20(39)4)31(42)43-32(5,6)7/h8-13,16,18,20H,14-15,17H2,1-7H3/t20-/m0/s1. The minimum absolute atomic E-state index is 0.00387. The van der Waals surface area contributed by atoms with Gasteiger partial charge in [-0.15, -0.1) is 0 Å². The second-order valence-electron chi connectivity index (χ2n) is 12.2. The van der Waals surface area contributed by atoms with E-state index in [1.165, 1.54) is 10.6 Å². The lowest BCUT2D eigenvalue weighted by atomic mass is 10.0. The first-order valence-corrected chi connectivity index (χ1v) is 14.7. The monoisotopic (exact) mass is 606 g/mol. The topological polar surface area (TPSA) is 93.5 Å². The Balaban J connectivity index is 1.72. The third-order valence-electron chi connectivity index (χ3n) is 7.41. The Hall–Kier alpha value is -4.05. The molecule has 3 aromatic heterocycles. The minimum Gasteiger partial charge on any atom is -0.444 e. The quantitative estimate of drug-likeness (QED) is 0.261. The van der Waals surface area contributed by atoms with E-state index < -0.39 is 17.1 Å². The summed E-state index contributed by atoms with van der Waals surface area (Å²) in [5.74, 6) is -0.0859. The molecule has 0 aliphatic carbocycles. The van der Waals surface area contributed by atoms with Gasteiger partial charge >= 0.3 is 11.8 Å². The first-order chi connectivity index (χ1) is 20.3. The Bertz CT molecular complexity index is 1770. The second kappa shape index (κ2) is 11.6. The van der Waals surface area contributed by atoms with Crippen molar-refractivity contribution in [1.29, 1.82) is 0 Å². The van der Waals surface area contributed by atoms with E-state index in [4.69, 9.17) is 21.3 Å². The van der Waals surface area contributed by atoms with E-state index in [0.717, 1.165) is 5.56 Å². The molecule has 0 saturated carbocycles. The van der Waals surface area contributed by atoms with Gasteiger partial charge in [0.2, 0.25) is 0 Å². The highest BCUT2D eigenvalue weighted by atomic mass is 35.5. The van der Waals surface area contributed by atoms with E-state index in [1.807, 2.05) is 59.4 Å². The summed E-state index contributed by atoms with van der Waals surface area (Å²) < 4.78 is 22.0. The number of benzene rings is 1. The maximum Gasteiger partial charge on any atom is 0.410 e. The molecule has 1 saturated heterocycles. The molecule has 0 spiro atoms. The van der Waals surface area contributed by atoms with E-state index >= 15 is 0 Å². The molecule has 4 aromatic rings. The van der Waals surface area contributed by atoms with E-state index in [9.17, 15) is 14.0 Å². The van der Waals surface area contributed by atoms with E-state index in [0.29, 0.717) is 42.2 Å². The molecule has 226 valence electrons. The van der Waals surface area contributed by atoms with Gasteiger partial charge in [0, 0.05) is 37.4 Å². The maximum absolute atomic E-state index is 15.0. The Labute approximate surface area is 255 Å². The number of hydrogen-bond donors (Lipinski definition) is 0. The average Bonchev–Trinajstić information content (AvgIpc) is 2.92. The molecule has 1 atom stereocenters. The number of rotatable bonds is 4. The molecule has 5 rings (SSSR count). The van der Waals surface area contributed by atoms with Crippen molar-refractivity contribution in [2.24, 2.45) is 0 Å². The molecule has 1 aliphatic heterocycles. The first kappa shape index (κ1) is 30.4. The van der Waals surface area contributed by atoms with Crippen LogP contribution in [-0.4, -0.2) is 61.8 Å². The normalized spacial score (nSPS) is 15.8. The summed E-state index contributed by atoms with van der Waals surface area (Å²) >= 11 is 6.79. The fourth-order valence-corrected chi connectivity index (χ4v) is 5.67. The molecular weight excluding hydrogens is 571 g/mol. The zero-order valence-corrected chi connectivity index (χ0v) is 26.2. The number of pyridine rings is 2. The van der Waals surface area contributed by atoms with Crippen LogP contribution in [0.15, 0.2) is 47.4 Å². The number of fused-ring (bicyclic) bond motifs is 1. The number of piperazine rings is 1. The van der Waals surface area contributed by atoms with E-state index in [1.54, 1.807) is 35.4 Å². The van der Waals surface area contributed by atoms with Crippen molar-refractivity contribution in [1.82, 2.24) is 24.4 Å². The van der Waals surface area contributed by atoms with Gasteiger partial charge in [-0.25, -0.2) is 23.5 Å². The summed E-state index contributed by atoms with van der Waals surface area (Å²) in [5, 5.41) is 0.748. The fraction of sp³-hybridized carbons (Fsp3) is 0.406. The summed E-state index contributed by atoms with van der Waals surface area (Å²) in [6, 6.07) is 9.57. The molecular formula is C32H36ClFN6O3. The molecule has 1 fully saturated rings. The minimum atomic E-state index is -0.614. The molecule has 0 N–H and O–H groups in total. The van der Waals surface area contributed by atoms with Gasteiger partial charge in [0.25, 0.3) is 0 Å². The van der Waals surface area contributed by atoms with Gasteiger partial charge in [0.15, 0.2) is 5.65 Å². The van der Waals surface area contributed by atoms with Crippen molar-refractivity contribution in [2.75, 3.05) is 24.5 Å². The van der Waals surface area contributed by atoms with Crippen LogP contribution in [0, 0.1) is 12.7 Å². The lowest BCUT2D eigenvalue weighted by Gasteiger charge is -2.41. The van der Waals surface area contributed by atoms with Crippen LogP contribution in [0.2, 0.25) is 5.02 Å². The highest BCUT2D eigenvalue weighted by Gasteiger charge is 2.33. The van der Waals surface area contributed by atoms with Crippen molar-refractivity contribution in [3.05, 3.63) is 75.2 Å². The number of ether oxygens (including phenoxy) is 1. The largest absolute Gasteiger partial charge is 0.444 e. The number of amides is 1. The Morgan fingerprint density at radius 3 is 2.51 bits per heavy atom. The van der Waals surface area contributed by atoms with Crippen LogP contribution in [0.25, 0.3) is 28.0 Å². The van der Waals surface area contributed by atoms with Gasteiger partial charge in [-0.1, -0.05) is 37.6 Å². The van der Waals surface area contributed by atoms with Gasteiger partial charge in [-0.05, 0) is 70.4 Å². The first-order valence-electron chi connectivity index (χ1n) is 14.4. The predicted molar refractivity (Wildman–Crippen MR) is 167 cm³/mol. The number of hydrogen-bond acceptors (Lipinski definition) is 7. The molecule has 11 heteroatoms. The van der Waals surface area contributed by atoms with Gasteiger partial charge < -0.3 is 14.5 Å². The third kappa shape index (κ3) is 5.93. The average molecular weight is 607 g/mol. The molecule has 0 bridgehead atoms. The van der Waals surface area contributed by atoms with E-state index in [-0.39, 0.29) is 40.0 Å². The second-order valence-corrected chi connectivity index (χ2v) is 12.6. The number of carbonyl (C=O) groups is 1. The Morgan fingerprint density at radius 1 is 1.14 bits per heavy atom. The summed E-state index contributed by atoms with van der Waals surface area (Å²) in [7, 11) is 0. The maximum atomic E-state index is 15.0. The number of anilines is 1. The van der Waals surface area contributed by atoms with E-state index in [2.05, 4.69) is 9.97 Å². The highest BCUT2D eigenvalue weighted by molar-refractivity contribution is 6.33. The number of aryl methyl sites for hydroxylation is 1. The number of carbonyl (C=O) groups excluding carboxylic acids is 1. The zero-order chi connectivity index (χ0) is 31.2. The molecule has 0 unspecified atom stereocenters. The van der Waals surface area contributed by atoms with Crippen LogP contribution in [0.1, 0.15) is 58.7 Å². The van der Waals surface area contributed by atoms with Crippen molar-refractivity contribution in [3.8, 4) is 16.9 Å². The van der Waals surface area contributed by atoms with Gasteiger partial charge in [0.1, 0.15) is 17.2 Å². The number of nitrogens with zero attached hydrogens (tertiary/aromatic N) is 6. The number of aromatic nitrogens is 4. The molecule has 43 heavy (non-hydrogen) atoms. The van der Waals surface area contributed by atoms with Crippen LogP contribution in [-0.2, 0) is 4.74 Å². The van der Waals surface area contributed by atoms with Crippen molar-refractivity contribution in [2.45, 2.75) is 66.0 Å². The van der Waals surface area contributed by atoms with Gasteiger partial charge in [0.05, 0.1) is 27.5 Å². The lowest BCUT2D eigenvalue weighted by Crippen LogP contribution is -2.55. The molecule has 4 heterocycles. The number of halogens is 2. The Morgan fingerprint density at radius 2 is 1.86 bits per heavy atom. The summed E-state index contributed by atoms with van der Waals surface area (Å²) in [5.41, 5.74) is 1.68. The molecule has 1 amide bonds. The summed E-state index contributed by atoms with van der Waals surface area (Å²) in [6.45, 7) is 14.5. The zero-order valence-electron chi connectivity index (χ0n) is 25.5. The summed E-state index contributed by atoms with van der Waals surface area (Å²) in [4.78, 5) is 44.5. The SMILES string of the molecule is Cc1ccnc(C(C)C)c1-n1c(=O)nc(N2CCN(C(=O)OC(C)(C)C)C[C@@H]2C)c2cc(Cl)c(-c3ccccc3F)nc21. The highest BCUT2D eigenvalue weighted by Crippen LogP contribution is 2.36. The summed E-state index contributed by atoms with van der Waals surface area (Å²) in [6.07, 6.45) is 1.32. The third-order valence-corrected chi connectivity index (χ3v) is 7.69. The Kier molecular flexibility index (Phi) is 8.17. The predicted octanol–water partition coefficient (Wildman–Crippen LogP) is 6.51. The smallest absolute Gasteiger partial charge is 0.410 e. The van der Waals surface area contributed by atoms with Crippen LogP contribution >= 0.6 is 11.6 Å². The van der Waals surface area contributed by atoms with Crippen molar-refractivity contribution >= 4 is 34.5 Å². The van der Waals surface area contributed by atoms with Gasteiger partial charge in [-0.2, -0.15) is 4.98 Å². The lowest BCUT2D eigenvalue weighted by molar-refractivity contribution is 0.0218. The molecule has 9 nitrogen and oxygen atoms in total. The van der Waals surface area contributed by atoms with Crippen LogP contribution < -0.4 is 10.6 Å². The van der Waals surface area contributed by atoms with Gasteiger partial charge in [-0.3, -0.25) is 4.98 Å².